The Bertz CT molecular complexity index is 1380. The average molecular weight is 424 g/mol. The first-order chi connectivity index (χ1) is 14.8. The van der Waals surface area contributed by atoms with Crippen molar-refractivity contribution < 1.29 is 18.4 Å². The lowest BCUT2D eigenvalue weighted by atomic mass is 9.95. The van der Waals surface area contributed by atoms with E-state index in [2.05, 4.69) is 25.9 Å². The Hall–Kier alpha value is -3.82. The van der Waals surface area contributed by atoms with Crippen LogP contribution < -0.4 is 10.6 Å². The van der Waals surface area contributed by atoms with Gasteiger partial charge in [-0.1, -0.05) is 0 Å². The second kappa shape index (κ2) is 6.86. The fourth-order valence-electron chi connectivity index (χ4n) is 3.81. The van der Waals surface area contributed by atoms with Gasteiger partial charge in [0.05, 0.1) is 23.1 Å². The second-order valence-electron chi connectivity index (χ2n) is 7.69. The van der Waals surface area contributed by atoms with Crippen LogP contribution in [0.4, 0.5) is 20.3 Å². The number of pyridine rings is 1. The summed E-state index contributed by atoms with van der Waals surface area (Å²) in [5.41, 5.74) is 2.82. The number of amides is 2. The third-order valence-corrected chi connectivity index (χ3v) is 5.44. The fraction of sp³-hybridized carbons (Fsp3) is 0.238. The van der Waals surface area contributed by atoms with Crippen molar-refractivity contribution in [1.29, 1.82) is 0 Å². The van der Waals surface area contributed by atoms with E-state index in [1.807, 2.05) is 6.07 Å². The summed E-state index contributed by atoms with van der Waals surface area (Å²) in [5, 5.41) is 16.9. The van der Waals surface area contributed by atoms with Gasteiger partial charge in [-0.25, -0.2) is 13.3 Å². The van der Waals surface area contributed by atoms with E-state index in [1.54, 1.807) is 36.0 Å². The summed E-state index contributed by atoms with van der Waals surface area (Å²) in [6, 6.07) is 5.25. The summed E-state index contributed by atoms with van der Waals surface area (Å²) >= 11 is 0. The maximum absolute atomic E-state index is 15.1. The Morgan fingerprint density at radius 2 is 2.06 bits per heavy atom. The number of hydrogen-bond acceptors (Lipinski definition) is 4. The van der Waals surface area contributed by atoms with Crippen molar-refractivity contribution in [2.75, 3.05) is 10.6 Å². The SMILES string of the molecule is CC(=O)Nc1c(F)c(C)c(-c2ccn3nc(NC(=O)[C@@H]4C[C@@H]4F)cc3c2)c2cn[nH]c12. The smallest absolute Gasteiger partial charge is 0.231 e. The highest BCUT2D eigenvalue weighted by molar-refractivity contribution is 6.07. The number of nitrogens with one attached hydrogen (secondary N) is 3. The molecule has 3 N–H and O–H groups in total. The Morgan fingerprint density at radius 3 is 2.77 bits per heavy atom. The Kier molecular flexibility index (Phi) is 4.24. The third-order valence-electron chi connectivity index (χ3n) is 5.44. The number of H-pyrrole nitrogens is 1. The predicted octanol–water partition coefficient (Wildman–Crippen LogP) is 3.58. The number of hydrogen-bond donors (Lipinski definition) is 3. The minimum absolute atomic E-state index is 0.0583. The fourth-order valence-corrected chi connectivity index (χ4v) is 3.81. The molecule has 0 bridgehead atoms. The number of carbonyl (C=O) groups excluding carboxylic acids is 2. The van der Waals surface area contributed by atoms with E-state index >= 15 is 4.39 Å². The van der Waals surface area contributed by atoms with Gasteiger partial charge >= 0.3 is 0 Å². The van der Waals surface area contributed by atoms with E-state index < -0.39 is 17.9 Å². The zero-order chi connectivity index (χ0) is 21.9. The molecule has 0 radical (unpaired) electrons. The summed E-state index contributed by atoms with van der Waals surface area (Å²) in [6.07, 6.45) is 2.43. The van der Waals surface area contributed by atoms with Gasteiger partial charge in [-0.05, 0) is 42.2 Å². The molecule has 0 aliphatic heterocycles. The van der Waals surface area contributed by atoms with Gasteiger partial charge in [0.1, 0.15) is 11.9 Å². The van der Waals surface area contributed by atoms with Crippen molar-refractivity contribution in [3.05, 3.63) is 42.0 Å². The lowest BCUT2D eigenvalue weighted by Gasteiger charge is -2.14. The Morgan fingerprint density at radius 1 is 1.29 bits per heavy atom. The predicted molar refractivity (Wildman–Crippen MR) is 111 cm³/mol. The van der Waals surface area contributed by atoms with Crippen LogP contribution in [0.2, 0.25) is 0 Å². The molecule has 10 heteroatoms. The van der Waals surface area contributed by atoms with Gasteiger partial charge in [0.2, 0.25) is 11.8 Å². The lowest BCUT2D eigenvalue weighted by molar-refractivity contribution is -0.117. The average Bonchev–Trinajstić information content (AvgIpc) is 3.11. The van der Waals surface area contributed by atoms with Gasteiger partial charge < -0.3 is 10.6 Å². The number of aromatic nitrogens is 4. The first kappa shape index (κ1) is 19.2. The number of benzene rings is 1. The number of nitrogens with zero attached hydrogens (tertiary/aromatic N) is 3. The van der Waals surface area contributed by atoms with Crippen molar-refractivity contribution in [3.63, 3.8) is 0 Å². The number of alkyl halides is 1. The van der Waals surface area contributed by atoms with Crippen LogP contribution in [0.3, 0.4) is 0 Å². The molecule has 1 aromatic carbocycles. The molecule has 0 unspecified atom stereocenters. The molecule has 31 heavy (non-hydrogen) atoms. The largest absolute Gasteiger partial charge is 0.322 e. The van der Waals surface area contributed by atoms with Crippen molar-refractivity contribution >= 4 is 39.7 Å². The van der Waals surface area contributed by atoms with E-state index in [9.17, 15) is 14.0 Å². The first-order valence-corrected chi connectivity index (χ1v) is 9.71. The minimum atomic E-state index is -1.08. The van der Waals surface area contributed by atoms with E-state index in [4.69, 9.17) is 0 Å². The van der Waals surface area contributed by atoms with Crippen LogP contribution in [-0.2, 0) is 9.59 Å². The van der Waals surface area contributed by atoms with E-state index in [0.717, 1.165) is 0 Å². The van der Waals surface area contributed by atoms with Gasteiger partial charge in [0.15, 0.2) is 11.6 Å². The molecule has 1 aliphatic rings. The number of anilines is 2. The topological polar surface area (TPSA) is 104 Å². The molecule has 2 atom stereocenters. The van der Waals surface area contributed by atoms with Gasteiger partial charge in [-0.3, -0.25) is 14.7 Å². The summed E-state index contributed by atoms with van der Waals surface area (Å²) < 4.78 is 29.8. The number of rotatable bonds is 4. The highest BCUT2D eigenvalue weighted by Gasteiger charge is 2.43. The molecule has 4 aromatic rings. The molecule has 8 nitrogen and oxygen atoms in total. The number of fused-ring (bicyclic) bond motifs is 2. The van der Waals surface area contributed by atoms with E-state index in [-0.39, 0.29) is 23.9 Å². The molecule has 3 heterocycles. The molecule has 1 aliphatic carbocycles. The molecule has 0 saturated heterocycles. The summed E-state index contributed by atoms with van der Waals surface area (Å²) in [5.74, 6) is -1.61. The van der Waals surface area contributed by atoms with Gasteiger partial charge in [0, 0.05) is 24.6 Å². The minimum Gasteiger partial charge on any atom is -0.322 e. The first-order valence-electron chi connectivity index (χ1n) is 9.71. The quantitative estimate of drug-likeness (QED) is 0.466. The van der Waals surface area contributed by atoms with Gasteiger partial charge in [0.25, 0.3) is 0 Å². The highest BCUT2D eigenvalue weighted by Crippen LogP contribution is 2.38. The summed E-state index contributed by atoms with van der Waals surface area (Å²) in [7, 11) is 0. The molecule has 3 aromatic heterocycles. The Balaban J connectivity index is 1.57. The summed E-state index contributed by atoms with van der Waals surface area (Å²) in [6.45, 7) is 2.95. The zero-order valence-electron chi connectivity index (χ0n) is 16.7. The van der Waals surface area contributed by atoms with Crippen LogP contribution in [0, 0.1) is 18.7 Å². The number of carbonyl (C=O) groups is 2. The van der Waals surface area contributed by atoms with Crippen molar-refractivity contribution in [2.24, 2.45) is 5.92 Å². The van der Waals surface area contributed by atoms with Crippen molar-refractivity contribution in [3.8, 4) is 11.1 Å². The van der Waals surface area contributed by atoms with Crippen molar-refractivity contribution in [1.82, 2.24) is 19.8 Å². The molecular weight excluding hydrogens is 406 g/mol. The van der Waals surface area contributed by atoms with E-state index in [0.29, 0.717) is 38.9 Å². The van der Waals surface area contributed by atoms with Crippen LogP contribution in [0.15, 0.2) is 30.6 Å². The molecule has 158 valence electrons. The Labute approximate surface area is 174 Å². The number of halogens is 2. The maximum Gasteiger partial charge on any atom is 0.231 e. The highest BCUT2D eigenvalue weighted by atomic mass is 19.1. The van der Waals surface area contributed by atoms with Crippen LogP contribution in [0.25, 0.3) is 27.5 Å². The molecule has 5 rings (SSSR count). The molecule has 2 amide bonds. The second-order valence-corrected chi connectivity index (χ2v) is 7.69. The van der Waals surface area contributed by atoms with Gasteiger partial charge in [-0.2, -0.15) is 10.2 Å². The monoisotopic (exact) mass is 424 g/mol. The van der Waals surface area contributed by atoms with Crippen LogP contribution in [0.1, 0.15) is 18.9 Å². The third kappa shape index (κ3) is 3.20. The maximum atomic E-state index is 15.1. The molecule has 1 fully saturated rings. The molecule has 0 spiro atoms. The zero-order valence-corrected chi connectivity index (χ0v) is 16.7. The lowest BCUT2D eigenvalue weighted by Crippen LogP contribution is -2.15. The van der Waals surface area contributed by atoms with Crippen LogP contribution in [-0.4, -0.2) is 37.8 Å². The standard InChI is InChI=1S/C21H18F2N6O2/c1-9-17(14-8-24-27-19(14)20(18(9)23)25-10(2)30)11-3-4-29-12(5-11)6-16(28-29)26-21(31)13-7-15(13)22/h3-6,8,13,15H,7H2,1-2H3,(H,24,27)(H,25,30)(H,26,28,31)/t13-,15+/m1/s1. The summed E-state index contributed by atoms with van der Waals surface area (Å²) in [4.78, 5) is 23.5. The van der Waals surface area contributed by atoms with Crippen LogP contribution >= 0.6 is 0 Å². The normalized spacial score (nSPS) is 17.8. The van der Waals surface area contributed by atoms with Gasteiger partial charge in [-0.15, -0.1) is 0 Å². The van der Waals surface area contributed by atoms with Crippen LogP contribution in [0.5, 0.6) is 0 Å². The molecular formula is C21H18F2N6O2. The van der Waals surface area contributed by atoms with Crippen molar-refractivity contribution in [2.45, 2.75) is 26.4 Å². The molecule has 1 saturated carbocycles. The van der Waals surface area contributed by atoms with E-state index in [1.165, 1.54) is 6.92 Å². The number of aromatic amines is 1.